The quantitative estimate of drug-likeness (QED) is 0.406. The molecule has 1 heterocycles. The Morgan fingerprint density at radius 3 is 2.21 bits per heavy atom. The lowest BCUT2D eigenvalue weighted by atomic mass is 10.0. The third kappa shape index (κ3) is 4.79. The highest BCUT2D eigenvalue weighted by Crippen LogP contribution is 2.37. The summed E-state index contributed by atoms with van der Waals surface area (Å²) < 4.78 is 80.4. The fourth-order valence-electron chi connectivity index (χ4n) is 3.79. The van der Waals surface area contributed by atoms with Crippen LogP contribution in [0.1, 0.15) is 22.4 Å². The summed E-state index contributed by atoms with van der Waals surface area (Å²) in [5.74, 6) is 0. The monoisotopic (exact) mass is 461 g/mol. The van der Waals surface area contributed by atoms with Gasteiger partial charge in [-0.2, -0.15) is 30.6 Å². The van der Waals surface area contributed by atoms with E-state index >= 15 is 0 Å². The fourth-order valence-corrected chi connectivity index (χ4v) is 3.79. The van der Waals surface area contributed by atoms with Crippen molar-refractivity contribution in [2.75, 3.05) is 5.32 Å². The molecule has 0 unspecified atom stereocenters. The number of anilines is 1. The molecule has 2 aromatic carbocycles. The van der Waals surface area contributed by atoms with Gasteiger partial charge in [0.15, 0.2) is 0 Å². The fraction of sp³-hybridized carbons (Fsp3) is 0.160. The van der Waals surface area contributed by atoms with Crippen LogP contribution in [0.25, 0.3) is 6.08 Å². The van der Waals surface area contributed by atoms with E-state index in [9.17, 15) is 26.3 Å². The minimum atomic E-state index is -4.90. The minimum Gasteiger partial charge on any atom is -0.375 e. The van der Waals surface area contributed by atoms with Crippen molar-refractivity contribution in [1.29, 1.82) is 0 Å². The van der Waals surface area contributed by atoms with E-state index in [-0.39, 0.29) is 18.3 Å². The molecule has 4 rings (SSSR count). The van der Waals surface area contributed by atoms with Crippen LogP contribution >= 0.6 is 0 Å². The summed E-state index contributed by atoms with van der Waals surface area (Å²) in [6.45, 7) is 4.04. The lowest BCUT2D eigenvalue weighted by molar-refractivity contribution is -0.519. The number of hydrogen-bond acceptors (Lipinski definition) is 1. The highest BCUT2D eigenvalue weighted by atomic mass is 19.4. The summed E-state index contributed by atoms with van der Waals surface area (Å²) in [7, 11) is 0. The zero-order valence-corrected chi connectivity index (χ0v) is 17.3. The van der Waals surface area contributed by atoms with Crippen molar-refractivity contribution in [2.45, 2.75) is 25.3 Å². The molecule has 3 aromatic rings. The molecule has 33 heavy (non-hydrogen) atoms. The van der Waals surface area contributed by atoms with Gasteiger partial charge >= 0.3 is 12.4 Å². The van der Waals surface area contributed by atoms with Crippen LogP contribution in [0.5, 0.6) is 0 Å². The first-order chi connectivity index (χ1) is 15.5. The maximum atomic E-state index is 13.1. The first kappa shape index (κ1) is 22.6. The molecule has 0 atom stereocenters. The van der Waals surface area contributed by atoms with Gasteiger partial charge in [0.1, 0.15) is 13.3 Å². The third-order valence-corrected chi connectivity index (χ3v) is 5.45. The van der Waals surface area contributed by atoms with Crippen molar-refractivity contribution >= 4 is 11.8 Å². The average Bonchev–Trinajstić information content (AvgIpc) is 2.77. The van der Waals surface area contributed by atoms with Gasteiger partial charge in [0.25, 0.3) is 0 Å². The first-order valence-corrected chi connectivity index (χ1v) is 10.0. The smallest absolute Gasteiger partial charge is 0.375 e. The summed E-state index contributed by atoms with van der Waals surface area (Å²) in [4.78, 5) is 0. The summed E-state index contributed by atoms with van der Waals surface area (Å²) >= 11 is 0. The molecule has 0 saturated heterocycles. The zero-order chi connectivity index (χ0) is 23.8. The van der Waals surface area contributed by atoms with Crippen molar-refractivity contribution in [1.82, 2.24) is 0 Å². The Labute approximate surface area is 185 Å². The molecule has 0 spiro atoms. The maximum Gasteiger partial charge on any atom is 0.416 e. The van der Waals surface area contributed by atoms with Crippen LogP contribution in [-0.4, -0.2) is 0 Å². The number of benzene rings is 2. The molecule has 8 heteroatoms. The number of hydrogen-bond donors (Lipinski definition) is 1. The molecule has 0 radical (unpaired) electrons. The molecule has 2 nitrogen and oxygen atoms in total. The molecule has 1 aliphatic rings. The van der Waals surface area contributed by atoms with E-state index in [1.165, 1.54) is 0 Å². The lowest BCUT2D eigenvalue weighted by Crippen LogP contribution is -2.27. The Kier molecular flexibility index (Phi) is 5.78. The van der Waals surface area contributed by atoms with Gasteiger partial charge in [-0.1, -0.05) is 30.4 Å². The van der Waals surface area contributed by atoms with Crippen LogP contribution in [-0.2, 0) is 25.3 Å². The summed E-state index contributed by atoms with van der Waals surface area (Å²) in [6, 6.07) is 12.7. The number of fused-ring (bicyclic) bond motifs is 1. The topological polar surface area (TPSA) is 17.9 Å². The van der Waals surface area contributed by atoms with Crippen LogP contribution in [0.2, 0.25) is 0 Å². The van der Waals surface area contributed by atoms with Gasteiger partial charge in [0, 0.05) is 17.8 Å². The first-order valence-electron chi connectivity index (χ1n) is 10.0. The predicted octanol–water partition coefficient (Wildman–Crippen LogP) is 5.44. The minimum absolute atomic E-state index is 0.0193. The van der Waals surface area contributed by atoms with Crippen LogP contribution in [0.3, 0.4) is 0 Å². The van der Waals surface area contributed by atoms with Gasteiger partial charge in [0.2, 0.25) is 11.0 Å². The van der Waals surface area contributed by atoms with Crippen molar-refractivity contribution < 1.29 is 30.6 Å². The molecular formula is C25H19F6N2+. The number of nitrogens with one attached hydrogen (secondary N) is 1. The van der Waals surface area contributed by atoms with E-state index in [1.54, 1.807) is 16.4 Å². The van der Waals surface area contributed by atoms with Crippen molar-refractivity contribution in [3.05, 3.63) is 112 Å². The lowest BCUT2D eigenvalue weighted by Gasteiger charge is -2.14. The average molecular weight is 461 g/mol. The van der Waals surface area contributed by atoms with Gasteiger partial charge < -0.3 is 5.32 Å². The molecule has 0 saturated carbocycles. The Hall–Kier alpha value is -3.55. The SMILES string of the molecule is C=[n+]1c(CNc2cc(C(F)(F)F)cc(C(F)(F)F)c2)cccc1=c1cccc2c1=CC=CC2. The molecule has 0 fully saturated rings. The predicted molar refractivity (Wildman–Crippen MR) is 112 cm³/mol. The van der Waals surface area contributed by atoms with E-state index < -0.39 is 23.5 Å². The number of rotatable bonds is 3. The zero-order valence-electron chi connectivity index (χ0n) is 17.3. The summed E-state index contributed by atoms with van der Waals surface area (Å²) in [5, 5.41) is 5.45. The molecule has 1 N–H and O–H groups in total. The second kappa shape index (κ2) is 8.42. The number of allylic oxidation sites excluding steroid dienone is 2. The van der Waals surface area contributed by atoms with Gasteiger partial charge in [-0.05, 0) is 47.5 Å². The highest BCUT2D eigenvalue weighted by molar-refractivity contribution is 5.50. The standard InChI is InChI=1S/C25H19F6N2/c1-33-20(8-5-11-23(33)22-10-4-7-16-6-2-3-9-21(16)22)15-32-19-13-17(24(26,27)28)12-18(14-19)25(29,30)31/h2-5,7-14,32H,1,6,15H2/q+1. The molecular weight excluding hydrogens is 442 g/mol. The van der Waals surface area contributed by atoms with Crippen LogP contribution in [0.4, 0.5) is 32.0 Å². The van der Waals surface area contributed by atoms with Crippen LogP contribution in [0, 0.1) is 17.3 Å². The highest BCUT2D eigenvalue weighted by Gasteiger charge is 2.37. The largest absolute Gasteiger partial charge is 0.416 e. The number of halogens is 6. The number of pyridine rings is 1. The Morgan fingerprint density at radius 2 is 1.55 bits per heavy atom. The Morgan fingerprint density at radius 1 is 0.879 bits per heavy atom. The van der Waals surface area contributed by atoms with Crippen molar-refractivity contribution in [2.24, 2.45) is 0 Å². The number of aromatic nitrogens is 1. The maximum absolute atomic E-state index is 13.1. The molecule has 1 aliphatic carbocycles. The van der Waals surface area contributed by atoms with Crippen molar-refractivity contribution in [3.63, 3.8) is 0 Å². The van der Waals surface area contributed by atoms with Crippen LogP contribution < -0.4 is 14.8 Å². The van der Waals surface area contributed by atoms with E-state index in [2.05, 4.69) is 18.1 Å². The van der Waals surface area contributed by atoms with E-state index in [1.807, 2.05) is 36.4 Å². The second-order valence-corrected chi connectivity index (χ2v) is 7.66. The molecule has 0 bridgehead atoms. The van der Waals surface area contributed by atoms with Crippen LogP contribution in [0.15, 0.2) is 66.7 Å². The Bertz CT molecular complexity index is 1400. The van der Waals surface area contributed by atoms with E-state index in [0.717, 1.165) is 27.8 Å². The number of alkyl halides is 6. The van der Waals surface area contributed by atoms with Gasteiger partial charge in [-0.15, -0.1) is 0 Å². The van der Waals surface area contributed by atoms with Gasteiger partial charge in [-0.3, -0.25) is 0 Å². The molecule has 0 aliphatic heterocycles. The van der Waals surface area contributed by atoms with Gasteiger partial charge in [-0.25, -0.2) is 0 Å². The summed E-state index contributed by atoms with van der Waals surface area (Å²) in [5.41, 5.74) is -1.27. The molecule has 170 valence electrons. The molecule has 0 amide bonds. The van der Waals surface area contributed by atoms with E-state index in [0.29, 0.717) is 17.8 Å². The van der Waals surface area contributed by atoms with E-state index in [4.69, 9.17) is 0 Å². The molecule has 1 aromatic heterocycles. The third-order valence-electron chi connectivity index (χ3n) is 5.45. The normalized spacial score (nSPS) is 14.5. The second-order valence-electron chi connectivity index (χ2n) is 7.66. The van der Waals surface area contributed by atoms with Crippen molar-refractivity contribution in [3.8, 4) is 0 Å². The summed E-state index contributed by atoms with van der Waals surface area (Å²) in [6.07, 6.45) is -2.98. The Balaban J connectivity index is 1.76. The van der Waals surface area contributed by atoms with Gasteiger partial charge in [0.05, 0.1) is 16.3 Å². The number of nitrogens with zero attached hydrogens (tertiary/aromatic N) is 1.